The molecule has 21 heavy (non-hydrogen) atoms. The lowest BCUT2D eigenvalue weighted by atomic mass is 10.2. The number of nitriles is 1. The van der Waals surface area contributed by atoms with E-state index in [1.54, 1.807) is 10.9 Å². The van der Waals surface area contributed by atoms with E-state index in [4.69, 9.17) is 10.00 Å². The topological polar surface area (TPSA) is 55.8 Å². The van der Waals surface area contributed by atoms with Gasteiger partial charge in [0.1, 0.15) is 12.8 Å². The van der Waals surface area contributed by atoms with Crippen molar-refractivity contribution >= 4 is 8.07 Å². The smallest absolute Gasteiger partial charge is 0.122 e. The number of aryl methyl sites for hydroxylation is 1. The molecular formula is C15H22N4OSi. The summed E-state index contributed by atoms with van der Waals surface area (Å²) < 4.78 is 9.51. The van der Waals surface area contributed by atoms with Crippen LogP contribution >= 0.6 is 0 Å². The molecule has 2 rings (SSSR count). The molecule has 0 N–H and O–H groups in total. The standard InChI is InChI=1S/C15H22N4OSi/c1-18-11-14(9-17-18)15-7-13(8-16)10-19(15)12-20-5-6-21(2,3)4/h7,9-11H,5-6,12H2,1-4H3. The van der Waals surface area contributed by atoms with Gasteiger partial charge < -0.3 is 9.30 Å². The molecule has 0 fully saturated rings. The van der Waals surface area contributed by atoms with Gasteiger partial charge in [0.15, 0.2) is 0 Å². The van der Waals surface area contributed by atoms with Gasteiger partial charge >= 0.3 is 0 Å². The van der Waals surface area contributed by atoms with Crippen LogP contribution in [0.2, 0.25) is 25.7 Å². The van der Waals surface area contributed by atoms with Gasteiger partial charge in [-0.2, -0.15) is 10.4 Å². The van der Waals surface area contributed by atoms with E-state index >= 15 is 0 Å². The van der Waals surface area contributed by atoms with E-state index in [1.165, 1.54) is 0 Å². The lowest BCUT2D eigenvalue weighted by Gasteiger charge is -2.16. The molecule has 0 aliphatic carbocycles. The summed E-state index contributed by atoms with van der Waals surface area (Å²) in [6.45, 7) is 8.24. The highest BCUT2D eigenvalue weighted by Gasteiger charge is 2.13. The number of rotatable bonds is 6. The molecule has 0 aliphatic heterocycles. The summed E-state index contributed by atoms with van der Waals surface area (Å²) in [6, 6.07) is 5.20. The second-order valence-corrected chi connectivity index (χ2v) is 12.1. The van der Waals surface area contributed by atoms with Crippen molar-refractivity contribution in [1.29, 1.82) is 5.26 Å². The van der Waals surface area contributed by atoms with E-state index in [0.717, 1.165) is 23.9 Å². The fourth-order valence-electron chi connectivity index (χ4n) is 2.02. The molecule has 0 bridgehead atoms. The zero-order chi connectivity index (χ0) is 15.5. The summed E-state index contributed by atoms with van der Waals surface area (Å²) in [4.78, 5) is 0. The van der Waals surface area contributed by atoms with E-state index in [0.29, 0.717) is 12.3 Å². The van der Waals surface area contributed by atoms with Crippen molar-refractivity contribution in [3.8, 4) is 17.3 Å². The van der Waals surface area contributed by atoms with Crippen LogP contribution in [0.25, 0.3) is 11.3 Å². The minimum atomic E-state index is -1.07. The number of aromatic nitrogens is 3. The van der Waals surface area contributed by atoms with Crippen molar-refractivity contribution < 1.29 is 4.74 Å². The third-order valence-corrected chi connectivity index (χ3v) is 4.96. The lowest BCUT2D eigenvalue weighted by Crippen LogP contribution is -2.22. The highest BCUT2D eigenvalue weighted by Crippen LogP contribution is 2.22. The van der Waals surface area contributed by atoms with Gasteiger partial charge in [0.05, 0.1) is 17.5 Å². The molecule has 112 valence electrons. The first-order valence-electron chi connectivity index (χ1n) is 7.06. The molecule has 5 nitrogen and oxygen atoms in total. The maximum Gasteiger partial charge on any atom is 0.122 e. The Morgan fingerprint density at radius 3 is 2.67 bits per heavy atom. The highest BCUT2D eigenvalue weighted by atomic mass is 28.3. The molecule has 6 heteroatoms. The van der Waals surface area contributed by atoms with Crippen molar-refractivity contribution in [3.63, 3.8) is 0 Å². The van der Waals surface area contributed by atoms with Crippen LogP contribution in [0.15, 0.2) is 24.7 Å². The van der Waals surface area contributed by atoms with Gasteiger partial charge in [-0.3, -0.25) is 4.68 Å². The Kier molecular flexibility index (Phi) is 4.65. The Hall–Kier alpha value is -1.84. The average Bonchev–Trinajstić information content (AvgIpc) is 2.99. The molecule has 0 saturated heterocycles. The SMILES string of the molecule is Cn1cc(-c2cc(C#N)cn2COCC[Si](C)(C)C)cn1. The van der Waals surface area contributed by atoms with Crippen molar-refractivity contribution in [1.82, 2.24) is 14.3 Å². The molecule has 0 aromatic carbocycles. The summed E-state index contributed by atoms with van der Waals surface area (Å²) in [7, 11) is 0.810. The molecule has 0 aliphatic rings. The maximum atomic E-state index is 9.09. The number of hydrogen-bond acceptors (Lipinski definition) is 3. The van der Waals surface area contributed by atoms with Gasteiger partial charge in [0.2, 0.25) is 0 Å². The van der Waals surface area contributed by atoms with E-state index < -0.39 is 8.07 Å². The molecule has 0 radical (unpaired) electrons. The fraction of sp³-hybridized carbons (Fsp3) is 0.467. The number of ether oxygens (including phenoxy) is 1. The van der Waals surface area contributed by atoms with Crippen molar-refractivity contribution in [2.24, 2.45) is 7.05 Å². The molecule has 0 unspecified atom stereocenters. The largest absolute Gasteiger partial charge is 0.361 e. The Balaban J connectivity index is 2.08. The Morgan fingerprint density at radius 1 is 1.33 bits per heavy atom. The van der Waals surface area contributed by atoms with Gasteiger partial charge in [-0.15, -0.1) is 0 Å². The van der Waals surface area contributed by atoms with Crippen LogP contribution < -0.4 is 0 Å². The fourth-order valence-corrected chi connectivity index (χ4v) is 2.77. The molecule has 0 saturated carbocycles. The zero-order valence-electron chi connectivity index (χ0n) is 13.1. The first-order valence-corrected chi connectivity index (χ1v) is 10.8. The second-order valence-electron chi connectivity index (χ2n) is 6.45. The van der Waals surface area contributed by atoms with Crippen molar-refractivity contribution in [2.75, 3.05) is 6.61 Å². The summed E-state index contributed by atoms with van der Waals surface area (Å²) >= 11 is 0. The molecule has 0 spiro atoms. The summed E-state index contributed by atoms with van der Waals surface area (Å²) in [5.41, 5.74) is 2.60. The third-order valence-electron chi connectivity index (χ3n) is 3.25. The molecule has 2 aromatic rings. The quantitative estimate of drug-likeness (QED) is 0.608. The van der Waals surface area contributed by atoms with Crippen LogP contribution in [0.1, 0.15) is 5.56 Å². The first kappa shape index (κ1) is 15.5. The van der Waals surface area contributed by atoms with Crippen LogP contribution in [0, 0.1) is 11.3 Å². The van der Waals surface area contributed by atoms with Gasteiger partial charge in [-0.05, 0) is 12.1 Å². The average molecular weight is 302 g/mol. The van der Waals surface area contributed by atoms with E-state index in [2.05, 4.69) is 30.8 Å². The van der Waals surface area contributed by atoms with Crippen LogP contribution in [-0.2, 0) is 18.5 Å². The summed E-state index contributed by atoms with van der Waals surface area (Å²) in [5, 5.41) is 13.3. The zero-order valence-corrected chi connectivity index (χ0v) is 14.1. The molecular weight excluding hydrogens is 280 g/mol. The van der Waals surface area contributed by atoms with Gasteiger partial charge in [-0.1, -0.05) is 19.6 Å². The van der Waals surface area contributed by atoms with Crippen LogP contribution in [0.3, 0.4) is 0 Å². The third kappa shape index (κ3) is 4.31. The molecule has 2 heterocycles. The van der Waals surface area contributed by atoms with E-state index in [9.17, 15) is 0 Å². The predicted octanol–water partition coefficient (Wildman–Crippen LogP) is 3.07. The van der Waals surface area contributed by atoms with Gasteiger partial charge in [0, 0.05) is 39.7 Å². The van der Waals surface area contributed by atoms with E-state index in [1.807, 2.05) is 30.1 Å². The lowest BCUT2D eigenvalue weighted by molar-refractivity contribution is 0.0885. The summed E-state index contributed by atoms with van der Waals surface area (Å²) in [6.07, 6.45) is 5.57. The Labute approximate surface area is 126 Å². The summed E-state index contributed by atoms with van der Waals surface area (Å²) in [5.74, 6) is 0. The van der Waals surface area contributed by atoms with Gasteiger partial charge in [0.25, 0.3) is 0 Å². The first-order chi connectivity index (χ1) is 9.89. The number of nitrogens with zero attached hydrogens (tertiary/aromatic N) is 4. The highest BCUT2D eigenvalue weighted by molar-refractivity contribution is 6.76. The molecule has 0 atom stereocenters. The molecule has 2 aromatic heterocycles. The van der Waals surface area contributed by atoms with Gasteiger partial charge in [-0.25, -0.2) is 0 Å². The minimum absolute atomic E-state index is 0.469. The Bertz CT molecular complexity index is 645. The Morgan fingerprint density at radius 2 is 2.10 bits per heavy atom. The monoisotopic (exact) mass is 302 g/mol. The maximum absolute atomic E-state index is 9.09. The van der Waals surface area contributed by atoms with E-state index in [-0.39, 0.29) is 0 Å². The number of hydrogen-bond donors (Lipinski definition) is 0. The van der Waals surface area contributed by atoms with Crippen LogP contribution in [0.5, 0.6) is 0 Å². The van der Waals surface area contributed by atoms with Crippen molar-refractivity contribution in [2.45, 2.75) is 32.4 Å². The normalized spacial score (nSPS) is 11.6. The predicted molar refractivity (Wildman–Crippen MR) is 85.5 cm³/mol. The minimum Gasteiger partial charge on any atom is -0.361 e. The van der Waals surface area contributed by atoms with Crippen LogP contribution in [0.4, 0.5) is 0 Å². The van der Waals surface area contributed by atoms with Crippen molar-refractivity contribution in [3.05, 3.63) is 30.2 Å². The molecule has 0 amide bonds. The second kappa shape index (κ2) is 6.29. The van der Waals surface area contributed by atoms with Crippen LogP contribution in [-0.4, -0.2) is 29.0 Å².